The molecule has 1 aliphatic heterocycles. The van der Waals surface area contributed by atoms with Crippen LogP contribution in [0.25, 0.3) is 11.3 Å². The monoisotopic (exact) mass is 282 g/mol. The molecule has 0 radical (unpaired) electrons. The van der Waals surface area contributed by atoms with E-state index in [0.29, 0.717) is 5.92 Å². The van der Waals surface area contributed by atoms with Gasteiger partial charge in [-0.05, 0) is 37.8 Å². The summed E-state index contributed by atoms with van der Waals surface area (Å²) in [4.78, 5) is 11.6. The Morgan fingerprint density at radius 1 is 1.29 bits per heavy atom. The number of hydrogen-bond donors (Lipinski definition) is 1. The fourth-order valence-corrected chi connectivity index (χ4v) is 2.91. The average molecular weight is 282 g/mol. The molecule has 0 spiro atoms. The molecule has 1 fully saturated rings. The van der Waals surface area contributed by atoms with Gasteiger partial charge in [0.15, 0.2) is 0 Å². The first-order valence-electron chi connectivity index (χ1n) is 7.62. The Kier molecular flexibility index (Phi) is 4.15. The van der Waals surface area contributed by atoms with Gasteiger partial charge < -0.3 is 10.6 Å². The third-order valence-electron chi connectivity index (χ3n) is 4.14. The first-order chi connectivity index (χ1) is 10.3. The predicted molar refractivity (Wildman–Crippen MR) is 86.2 cm³/mol. The summed E-state index contributed by atoms with van der Waals surface area (Å²) in [5.74, 6) is 1.39. The molecule has 110 valence electrons. The van der Waals surface area contributed by atoms with Crippen LogP contribution in [0.2, 0.25) is 0 Å². The van der Waals surface area contributed by atoms with Crippen molar-refractivity contribution in [2.45, 2.75) is 19.8 Å². The Morgan fingerprint density at radius 2 is 2.10 bits per heavy atom. The summed E-state index contributed by atoms with van der Waals surface area (Å²) in [5, 5.41) is 0. The first-order valence-corrected chi connectivity index (χ1v) is 7.62. The maximum absolute atomic E-state index is 5.82. The van der Waals surface area contributed by atoms with Crippen LogP contribution in [0.1, 0.15) is 18.4 Å². The molecule has 0 bridgehead atoms. The lowest BCUT2D eigenvalue weighted by Crippen LogP contribution is -2.39. The molecule has 21 heavy (non-hydrogen) atoms. The Morgan fingerprint density at radius 3 is 2.86 bits per heavy atom. The zero-order chi connectivity index (χ0) is 14.7. The SMILES string of the molecule is Cc1cnc(N2CCCC(CN)C2)nc1-c1ccccc1. The van der Waals surface area contributed by atoms with Crippen LogP contribution in [-0.4, -0.2) is 29.6 Å². The highest BCUT2D eigenvalue weighted by Crippen LogP contribution is 2.25. The molecule has 0 saturated carbocycles. The van der Waals surface area contributed by atoms with Crippen molar-refractivity contribution in [2.24, 2.45) is 11.7 Å². The van der Waals surface area contributed by atoms with Crippen molar-refractivity contribution < 1.29 is 0 Å². The number of benzene rings is 1. The number of piperidine rings is 1. The van der Waals surface area contributed by atoms with E-state index >= 15 is 0 Å². The van der Waals surface area contributed by atoms with Gasteiger partial charge in [-0.1, -0.05) is 30.3 Å². The molecule has 0 amide bonds. The van der Waals surface area contributed by atoms with Gasteiger partial charge in [0.25, 0.3) is 0 Å². The molecule has 2 N–H and O–H groups in total. The van der Waals surface area contributed by atoms with E-state index in [-0.39, 0.29) is 0 Å². The summed E-state index contributed by atoms with van der Waals surface area (Å²) < 4.78 is 0. The molecular formula is C17H22N4. The number of aromatic nitrogens is 2. The molecule has 2 heterocycles. The summed E-state index contributed by atoms with van der Waals surface area (Å²) in [5.41, 5.74) is 9.10. The van der Waals surface area contributed by atoms with Crippen molar-refractivity contribution in [2.75, 3.05) is 24.5 Å². The van der Waals surface area contributed by atoms with Gasteiger partial charge in [-0.15, -0.1) is 0 Å². The predicted octanol–water partition coefficient (Wildman–Crippen LogP) is 2.63. The minimum absolute atomic E-state index is 0.559. The second kappa shape index (κ2) is 6.22. The van der Waals surface area contributed by atoms with E-state index < -0.39 is 0 Å². The second-order valence-electron chi connectivity index (χ2n) is 5.76. The largest absolute Gasteiger partial charge is 0.340 e. The number of rotatable bonds is 3. The van der Waals surface area contributed by atoms with Gasteiger partial charge in [0.1, 0.15) is 0 Å². The maximum atomic E-state index is 5.82. The Bertz CT molecular complexity index is 597. The molecule has 2 aromatic rings. The van der Waals surface area contributed by atoms with E-state index in [1.165, 1.54) is 12.8 Å². The molecular weight excluding hydrogens is 260 g/mol. The van der Waals surface area contributed by atoms with E-state index in [0.717, 1.165) is 42.4 Å². The van der Waals surface area contributed by atoms with Gasteiger partial charge in [0, 0.05) is 24.8 Å². The minimum atomic E-state index is 0.559. The number of hydrogen-bond acceptors (Lipinski definition) is 4. The van der Waals surface area contributed by atoms with Crippen LogP contribution >= 0.6 is 0 Å². The lowest BCUT2D eigenvalue weighted by atomic mass is 9.99. The summed E-state index contributed by atoms with van der Waals surface area (Å²) >= 11 is 0. The van der Waals surface area contributed by atoms with Crippen molar-refractivity contribution >= 4 is 5.95 Å². The third kappa shape index (κ3) is 3.05. The second-order valence-corrected chi connectivity index (χ2v) is 5.76. The lowest BCUT2D eigenvalue weighted by Gasteiger charge is -2.32. The number of aryl methyl sites for hydroxylation is 1. The Balaban J connectivity index is 1.91. The highest BCUT2D eigenvalue weighted by atomic mass is 15.3. The third-order valence-corrected chi connectivity index (χ3v) is 4.14. The first kappa shape index (κ1) is 14.0. The smallest absolute Gasteiger partial charge is 0.225 e. The van der Waals surface area contributed by atoms with Gasteiger partial charge in [0.05, 0.1) is 5.69 Å². The summed E-state index contributed by atoms with van der Waals surface area (Å²) in [6, 6.07) is 10.3. The van der Waals surface area contributed by atoms with E-state index in [1.54, 1.807) is 0 Å². The minimum Gasteiger partial charge on any atom is -0.340 e. The van der Waals surface area contributed by atoms with Crippen LogP contribution in [0.15, 0.2) is 36.5 Å². The molecule has 1 saturated heterocycles. The summed E-state index contributed by atoms with van der Waals surface area (Å²) in [6.45, 7) is 4.79. The van der Waals surface area contributed by atoms with Crippen LogP contribution < -0.4 is 10.6 Å². The van der Waals surface area contributed by atoms with Crippen molar-refractivity contribution in [3.63, 3.8) is 0 Å². The van der Waals surface area contributed by atoms with Crippen LogP contribution in [0.4, 0.5) is 5.95 Å². The molecule has 0 aliphatic carbocycles. The summed E-state index contributed by atoms with van der Waals surface area (Å²) in [7, 11) is 0. The van der Waals surface area contributed by atoms with Gasteiger partial charge in [0.2, 0.25) is 5.95 Å². The van der Waals surface area contributed by atoms with Crippen LogP contribution in [0.3, 0.4) is 0 Å². The zero-order valence-corrected chi connectivity index (χ0v) is 12.5. The fourth-order valence-electron chi connectivity index (χ4n) is 2.91. The Hall–Kier alpha value is -1.94. The highest BCUT2D eigenvalue weighted by Gasteiger charge is 2.21. The van der Waals surface area contributed by atoms with E-state index in [1.807, 2.05) is 24.4 Å². The zero-order valence-electron chi connectivity index (χ0n) is 12.5. The molecule has 4 nitrogen and oxygen atoms in total. The van der Waals surface area contributed by atoms with Crippen molar-refractivity contribution in [3.05, 3.63) is 42.1 Å². The topological polar surface area (TPSA) is 55.0 Å². The van der Waals surface area contributed by atoms with Gasteiger partial charge in [-0.2, -0.15) is 0 Å². The van der Waals surface area contributed by atoms with Crippen molar-refractivity contribution in [1.82, 2.24) is 9.97 Å². The van der Waals surface area contributed by atoms with Gasteiger partial charge >= 0.3 is 0 Å². The average Bonchev–Trinajstić information content (AvgIpc) is 2.56. The molecule has 1 unspecified atom stereocenters. The molecule has 1 aromatic heterocycles. The number of nitrogens with zero attached hydrogens (tertiary/aromatic N) is 3. The van der Waals surface area contributed by atoms with Crippen molar-refractivity contribution in [1.29, 1.82) is 0 Å². The normalized spacial score (nSPS) is 18.8. The van der Waals surface area contributed by atoms with E-state index in [2.05, 4.69) is 28.9 Å². The Labute approximate surface area is 126 Å². The standard InChI is InChI=1S/C17H22N4/c1-13-11-19-17(21-9-5-6-14(10-18)12-21)20-16(13)15-7-3-2-4-8-15/h2-4,7-8,11,14H,5-6,9-10,12,18H2,1H3. The molecule has 3 rings (SSSR count). The van der Waals surface area contributed by atoms with E-state index in [9.17, 15) is 0 Å². The van der Waals surface area contributed by atoms with Gasteiger partial charge in [-0.25, -0.2) is 9.97 Å². The lowest BCUT2D eigenvalue weighted by molar-refractivity contribution is 0.419. The van der Waals surface area contributed by atoms with Crippen LogP contribution in [0, 0.1) is 12.8 Å². The molecule has 4 heteroatoms. The quantitative estimate of drug-likeness (QED) is 0.940. The maximum Gasteiger partial charge on any atom is 0.225 e. The van der Waals surface area contributed by atoms with Crippen LogP contribution in [-0.2, 0) is 0 Å². The summed E-state index contributed by atoms with van der Waals surface area (Å²) in [6.07, 6.45) is 4.31. The van der Waals surface area contributed by atoms with Crippen LogP contribution in [0.5, 0.6) is 0 Å². The highest BCUT2D eigenvalue weighted by molar-refractivity contribution is 5.63. The number of nitrogens with two attached hydrogens (primary N) is 1. The van der Waals surface area contributed by atoms with Crippen molar-refractivity contribution in [3.8, 4) is 11.3 Å². The molecule has 1 aliphatic rings. The number of anilines is 1. The molecule has 1 aromatic carbocycles. The molecule has 1 atom stereocenters. The van der Waals surface area contributed by atoms with E-state index in [4.69, 9.17) is 10.7 Å². The van der Waals surface area contributed by atoms with Gasteiger partial charge in [-0.3, -0.25) is 0 Å². The fraction of sp³-hybridized carbons (Fsp3) is 0.412.